The smallest absolute Gasteiger partial charge is 0.207 e. The van der Waals surface area contributed by atoms with Crippen molar-refractivity contribution in [1.29, 1.82) is 0 Å². The fourth-order valence-electron chi connectivity index (χ4n) is 2.38. The van der Waals surface area contributed by atoms with Crippen LogP contribution in [-0.4, -0.2) is 19.3 Å². The molecule has 0 bridgehead atoms. The molecule has 2 N–H and O–H groups in total. The largest absolute Gasteiger partial charge is 0.369 e. The quantitative estimate of drug-likeness (QED) is 0.788. The third kappa shape index (κ3) is 1.78. The molecule has 0 aliphatic rings. The number of halogens is 1. The van der Waals surface area contributed by atoms with Gasteiger partial charge in [-0.1, -0.05) is 17.7 Å². The van der Waals surface area contributed by atoms with Gasteiger partial charge in [-0.15, -0.1) is 0 Å². The highest BCUT2D eigenvalue weighted by Gasteiger charge is 2.18. The van der Waals surface area contributed by atoms with E-state index in [9.17, 15) is 0 Å². The van der Waals surface area contributed by atoms with E-state index in [0.717, 1.165) is 34.7 Å². The number of imidazole rings is 1. The molecule has 3 aromatic rings. The Bertz CT molecular complexity index is 800. The van der Waals surface area contributed by atoms with Gasteiger partial charge in [-0.2, -0.15) is 5.10 Å². The summed E-state index contributed by atoms with van der Waals surface area (Å²) in [5, 5.41) is 5.19. The normalized spacial score (nSPS) is 11.4. The van der Waals surface area contributed by atoms with Crippen molar-refractivity contribution < 1.29 is 0 Å². The molecular formula is C14H16ClN5. The first kappa shape index (κ1) is 13.0. The summed E-state index contributed by atoms with van der Waals surface area (Å²) in [7, 11) is 0. The van der Waals surface area contributed by atoms with Crippen molar-refractivity contribution in [3.63, 3.8) is 0 Å². The van der Waals surface area contributed by atoms with Gasteiger partial charge in [0.15, 0.2) is 5.65 Å². The molecular weight excluding hydrogens is 274 g/mol. The maximum absolute atomic E-state index is 6.22. The van der Waals surface area contributed by atoms with Crippen LogP contribution >= 0.6 is 11.6 Å². The second kappa shape index (κ2) is 4.52. The highest BCUT2D eigenvalue weighted by molar-refractivity contribution is 6.31. The van der Waals surface area contributed by atoms with Crippen LogP contribution in [0.25, 0.3) is 16.9 Å². The summed E-state index contributed by atoms with van der Waals surface area (Å²) in [6, 6.07) is 5.86. The number of hydrogen-bond acceptors (Lipinski definition) is 3. The molecule has 0 fully saturated rings. The molecule has 0 spiro atoms. The van der Waals surface area contributed by atoms with Crippen LogP contribution in [0.2, 0.25) is 5.02 Å². The summed E-state index contributed by atoms with van der Waals surface area (Å²) < 4.78 is 3.80. The Hall–Kier alpha value is -2.01. The Morgan fingerprint density at radius 1 is 1.30 bits per heavy atom. The summed E-state index contributed by atoms with van der Waals surface area (Å²) in [5.41, 5.74) is 10.6. The van der Waals surface area contributed by atoms with Crippen molar-refractivity contribution in [3.8, 4) is 5.69 Å². The van der Waals surface area contributed by atoms with Crippen molar-refractivity contribution >= 4 is 28.7 Å². The maximum atomic E-state index is 6.22. The van der Waals surface area contributed by atoms with Gasteiger partial charge in [-0.3, -0.25) is 4.57 Å². The monoisotopic (exact) mass is 289 g/mol. The molecule has 0 aliphatic heterocycles. The molecule has 3 rings (SSSR count). The van der Waals surface area contributed by atoms with Crippen LogP contribution in [0.4, 0.5) is 5.95 Å². The van der Waals surface area contributed by atoms with Gasteiger partial charge in [0, 0.05) is 11.6 Å². The number of aromatic nitrogens is 4. The molecule has 0 amide bonds. The molecule has 0 unspecified atom stereocenters. The van der Waals surface area contributed by atoms with Gasteiger partial charge in [0.1, 0.15) is 5.52 Å². The van der Waals surface area contributed by atoms with Crippen molar-refractivity contribution in [2.45, 2.75) is 27.3 Å². The molecule has 0 saturated heterocycles. The SMILES string of the molecule is CCn1nc(C)c2nc(N)n(-c3ccc(C)c(Cl)c3)c21. The number of aryl methyl sites for hydroxylation is 3. The second-order valence-electron chi connectivity index (χ2n) is 4.81. The zero-order valence-corrected chi connectivity index (χ0v) is 12.4. The Balaban J connectivity index is 2.34. The molecule has 0 saturated carbocycles. The van der Waals surface area contributed by atoms with Crippen LogP contribution in [0.5, 0.6) is 0 Å². The molecule has 1 aromatic carbocycles. The lowest BCUT2D eigenvalue weighted by atomic mass is 10.2. The van der Waals surface area contributed by atoms with Crippen molar-refractivity contribution in [3.05, 3.63) is 34.5 Å². The number of hydrogen-bond donors (Lipinski definition) is 1. The van der Waals surface area contributed by atoms with Gasteiger partial charge in [0.2, 0.25) is 5.95 Å². The highest BCUT2D eigenvalue weighted by atomic mass is 35.5. The number of anilines is 1. The van der Waals surface area contributed by atoms with Crippen molar-refractivity contribution in [2.75, 3.05) is 5.73 Å². The minimum absolute atomic E-state index is 0.447. The molecule has 0 radical (unpaired) electrons. The zero-order chi connectivity index (χ0) is 14.4. The van der Waals surface area contributed by atoms with Crippen LogP contribution in [0.3, 0.4) is 0 Å². The summed E-state index contributed by atoms with van der Waals surface area (Å²) in [4.78, 5) is 4.42. The molecule has 0 aliphatic carbocycles. The first-order chi connectivity index (χ1) is 9.52. The van der Waals surface area contributed by atoms with E-state index in [0.29, 0.717) is 11.0 Å². The van der Waals surface area contributed by atoms with E-state index in [-0.39, 0.29) is 0 Å². The Morgan fingerprint density at radius 2 is 2.05 bits per heavy atom. The average Bonchev–Trinajstić information content (AvgIpc) is 2.90. The van der Waals surface area contributed by atoms with E-state index in [1.807, 2.05) is 48.2 Å². The number of rotatable bonds is 2. The minimum atomic E-state index is 0.447. The van der Waals surface area contributed by atoms with E-state index in [2.05, 4.69) is 10.1 Å². The van der Waals surface area contributed by atoms with E-state index >= 15 is 0 Å². The van der Waals surface area contributed by atoms with E-state index in [1.54, 1.807) is 0 Å². The van der Waals surface area contributed by atoms with Crippen LogP contribution in [-0.2, 0) is 6.54 Å². The number of nitrogen functional groups attached to an aromatic ring is 1. The lowest BCUT2D eigenvalue weighted by molar-refractivity contribution is 0.663. The van der Waals surface area contributed by atoms with Crippen molar-refractivity contribution in [2.24, 2.45) is 0 Å². The Morgan fingerprint density at radius 3 is 2.70 bits per heavy atom. The van der Waals surface area contributed by atoms with Gasteiger partial charge < -0.3 is 5.73 Å². The lowest BCUT2D eigenvalue weighted by Gasteiger charge is -2.09. The molecule has 6 heteroatoms. The summed E-state index contributed by atoms with van der Waals surface area (Å²) in [6.45, 7) is 6.71. The Labute approximate surface area is 122 Å². The molecule has 2 heterocycles. The number of nitrogens with zero attached hydrogens (tertiary/aromatic N) is 4. The first-order valence-corrected chi connectivity index (χ1v) is 6.88. The first-order valence-electron chi connectivity index (χ1n) is 6.50. The molecule has 5 nitrogen and oxygen atoms in total. The molecule has 0 atom stereocenters. The standard InChI is InChI=1S/C14H16ClN5/c1-4-19-13-12(9(3)18-19)17-14(16)20(13)10-6-5-8(2)11(15)7-10/h5-7H,4H2,1-3H3,(H2,16,17). The second-order valence-corrected chi connectivity index (χ2v) is 5.22. The number of benzene rings is 1. The van der Waals surface area contributed by atoms with Gasteiger partial charge in [0.25, 0.3) is 0 Å². The van der Waals surface area contributed by atoms with Crippen LogP contribution in [0.1, 0.15) is 18.2 Å². The van der Waals surface area contributed by atoms with E-state index < -0.39 is 0 Å². The molecule has 2 aromatic heterocycles. The van der Waals surface area contributed by atoms with Crippen LogP contribution in [0.15, 0.2) is 18.2 Å². The zero-order valence-electron chi connectivity index (χ0n) is 11.7. The topological polar surface area (TPSA) is 61.7 Å². The maximum Gasteiger partial charge on any atom is 0.207 e. The number of nitrogens with two attached hydrogens (primary N) is 1. The summed E-state index contributed by atoms with van der Waals surface area (Å²) >= 11 is 6.22. The Kier molecular flexibility index (Phi) is 2.94. The predicted octanol–water partition coefficient (Wildman–Crippen LogP) is 3.09. The van der Waals surface area contributed by atoms with Crippen LogP contribution < -0.4 is 5.73 Å². The van der Waals surface area contributed by atoms with Gasteiger partial charge in [-0.05, 0) is 38.5 Å². The third-order valence-electron chi connectivity index (χ3n) is 3.45. The summed E-state index contributed by atoms with van der Waals surface area (Å²) in [6.07, 6.45) is 0. The van der Waals surface area contributed by atoms with Gasteiger partial charge >= 0.3 is 0 Å². The molecule has 104 valence electrons. The predicted molar refractivity (Wildman–Crippen MR) is 81.4 cm³/mol. The van der Waals surface area contributed by atoms with Gasteiger partial charge in [-0.25, -0.2) is 9.67 Å². The number of fused-ring (bicyclic) bond motifs is 1. The van der Waals surface area contributed by atoms with Crippen molar-refractivity contribution in [1.82, 2.24) is 19.3 Å². The highest BCUT2D eigenvalue weighted by Crippen LogP contribution is 2.27. The molecule has 20 heavy (non-hydrogen) atoms. The minimum Gasteiger partial charge on any atom is -0.369 e. The fourth-order valence-corrected chi connectivity index (χ4v) is 2.56. The van der Waals surface area contributed by atoms with Crippen LogP contribution in [0, 0.1) is 13.8 Å². The van der Waals surface area contributed by atoms with E-state index in [1.165, 1.54) is 0 Å². The van der Waals surface area contributed by atoms with E-state index in [4.69, 9.17) is 17.3 Å². The summed E-state index contributed by atoms with van der Waals surface area (Å²) in [5.74, 6) is 0.447. The lowest BCUT2D eigenvalue weighted by Crippen LogP contribution is -2.06. The van der Waals surface area contributed by atoms with Gasteiger partial charge in [0.05, 0.1) is 11.4 Å². The average molecular weight is 290 g/mol. The fraction of sp³-hybridized carbons (Fsp3) is 0.286. The third-order valence-corrected chi connectivity index (χ3v) is 3.86.